The fraction of sp³-hybridized carbons (Fsp3) is 0.286. The van der Waals surface area contributed by atoms with E-state index in [1.54, 1.807) is 31.2 Å². The Labute approximate surface area is 126 Å². The summed E-state index contributed by atoms with van der Waals surface area (Å²) < 4.78 is 76.4. The van der Waals surface area contributed by atoms with Gasteiger partial charge in [0.25, 0.3) is 5.78 Å². The van der Waals surface area contributed by atoms with Gasteiger partial charge in [-0.05, 0) is 12.5 Å². The molecule has 0 bridgehead atoms. The lowest BCUT2D eigenvalue weighted by Crippen LogP contribution is -2.25. The number of alkyl halides is 6. The summed E-state index contributed by atoms with van der Waals surface area (Å²) in [5.41, 5.74) is -1.96. The van der Waals surface area contributed by atoms with Crippen LogP contribution in [0, 0.1) is 6.92 Å². The van der Waals surface area contributed by atoms with Gasteiger partial charge in [-0.25, -0.2) is 0 Å². The predicted octanol–water partition coefficient (Wildman–Crippen LogP) is 4.00. The van der Waals surface area contributed by atoms with Crippen molar-refractivity contribution >= 4 is 5.78 Å². The number of aromatic nitrogens is 2. The van der Waals surface area contributed by atoms with E-state index >= 15 is 0 Å². The number of ketones is 1. The zero-order chi connectivity index (χ0) is 17.4. The van der Waals surface area contributed by atoms with Gasteiger partial charge in [-0.1, -0.05) is 29.8 Å². The molecule has 124 valence electrons. The van der Waals surface area contributed by atoms with E-state index in [1.165, 1.54) is 0 Å². The van der Waals surface area contributed by atoms with Gasteiger partial charge < -0.3 is 0 Å². The highest BCUT2D eigenvalue weighted by molar-refractivity contribution is 6.01. The molecule has 2 rings (SSSR count). The standard InChI is InChI=1S/C14H10F6N2O/c1-8-3-2-4-9(5-8)6-22-7-10(12(23)14(18,19)20)11(21-22)13(15,16)17/h2-5,7H,6H2,1H3. The Morgan fingerprint density at radius 1 is 1.17 bits per heavy atom. The minimum Gasteiger partial charge on any atom is -0.284 e. The third-order valence-corrected chi connectivity index (χ3v) is 2.96. The molecule has 0 aliphatic rings. The van der Waals surface area contributed by atoms with Crippen molar-refractivity contribution < 1.29 is 31.1 Å². The van der Waals surface area contributed by atoms with Crippen molar-refractivity contribution in [2.24, 2.45) is 0 Å². The van der Waals surface area contributed by atoms with Crippen LogP contribution in [-0.4, -0.2) is 21.7 Å². The molecule has 0 saturated carbocycles. The fourth-order valence-corrected chi connectivity index (χ4v) is 2.03. The highest BCUT2D eigenvalue weighted by Gasteiger charge is 2.47. The van der Waals surface area contributed by atoms with Crippen LogP contribution in [0.1, 0.15) is 27.2 Å². The van der Waals surface area contributed by atoms with Gasteiger partial charge in [0.15, 0.2) is 5.69 Å². The zero-order valence-electron chi connectivity index (χ0n) is 11.7. The van der Waals surface area contributed by atoms with Crippen LogP contribution >= 0.6 is 0 Å². The number of carbonyl (C=O) groups is 1. The molecule has 0 N–H and O–H groups in total. The Kier molecular flexibility index (Phi) is 4.23. The topological polar surface area (TPSA) is 34.9 Å². The van der Waals surface area contributed by atoms with Gasteiger partial charge in [0.1, 0.15) is 0 Å². The second kappa shape index (κ2) is 5.71. The normalized spacial score (nSPS) is 12.5. The van der Waals surface area contributed by atoms with Gasteiger partial charge in [0.05, 0.1) is 12.1 Å². The summed E-state index contributed by atoms with van der Waals surface area (Å²) in [6.07, 6.45) is -10.1. The molecule has 0 atom stereocenters. The molecule has 3 nitrogen and oxygen atoms in total. The number of nitrogens with zero attached hydrogens (tertiary/aromatic N) is 2. The van der Waals surface area contributed by atoms with Crippen LogP contribution in [-0.2, 0) is 12.7 Å². The Morgan fingerprint density at radius 3 is 2.35 bits per heavy atom. The van der Waals surface area contributed by atoms with Crippen LogP contribution in [0.4, 0.5) is 26.3 Å². The third-order valence-electron chi connectivity index (χ3n) is 2.96. The van der Waals surface area contributed by atoms with Crippen molar-refractivity contribution in [3.05, 3.63) is 52.8 Å². The number of Topliss-reactive ketones (excluding diaryl/α,β-unsaturated/α-hetero) is 1. The van der Waals surface area contributed by atoms with Crippen molar-refractivity contribution in [2.75, 3.05) is 0 Å². The predicted molar refractivity (Wildman–Crippen MR) is 67.9 cm³/mol. The van der Waals surface area contributed by atoms with Crippen LogP contribution in [0.15, 0.2) is 30.5 Å². The van der Waals surface area contributed by atoms with Gasteiger partial charge in [0, 0.05) is 6.20 Å². The Morgan fingerprint density at radius 2 is 1.83 bits per heavy atom. The SMILES string of the molecule is Cc1cccc(Cn2cc(C(=O)C(F)(F)F)c(C(F)(F)F)n2)c1. The summed E-state index contributed by atoms with van der Waals surface area (Å²) in [5, 5.41) is 3.11. The highest BCUT2D eigenvalue weighted by Crippen LogP contribution is 2.34. The lowest BCUT2D eigenvalue weighted by Gasteiger charge is -2.07. The molecule has 23 heavy (non-hydrogen) atoms. The Balaban J connectivity index is 2.44. The smallest absolute Gasteiger partial charge is 0.284 e. The summed E-state index contributed by atoms with van der Waals surface area (Å²) >= 11 is 0. The van der Waals surface area contributed by atoms with E-state index in [-0.39, 0.29) is 6.54 Å². The van der Waals surface area contributed by atoms with Crippen LogP contribution in [0.5, 0.6) is 0 Å². The zero-order valence-corrected chi connectivity index (χ0v) is 11.7. The number of carbonyl (C=O) groups excluding carboxylic acids is 1. The Hall–Kier alpha value is -2.32. The van der Waals surface area contributed by atoms with Gasteiger partial charge >= 0.3 is 12.4 Å². The molecular formula is C14H10F6N2O. The lowest BCUT2D eigenvalue weighted by atomic mass is 10.1. The second-order valence-corrected chi connectivity index (χ2v) is 4.90. The molecule has 0 aliphatic carbocycles. The fourth-order valence-electron chi connectivity index (χ4n) is 2.03. The summed E-state index contributed by atoms with van der Waals surface area (Å²) in [4.78, 5) is 11.2. The first kappa shape index (κ1) is 17.0. The van der Waals surface area contributed by atoms with Gasteiger partial charge in [-0.2, -0.15) is 31.4 Å². The lowest BCUT2D eigenvalue weighted by molar-refractivity contribution is -0.142. The van der Waals surface area contributed by atoms with Crippen molar-refractivity contribution in [3.63, 3.8) is 0 Å². The first-order valence-corrected chi connectivity index (χ1v) is 6.30. The molecule has 9 heteroatoms. The molecule has 1 aromatic carbocycles. The first-order valence-electron chi connectivity index (χ1n) is 6.30. The molecule has 1 heterocycles. The molecule has 0 amide bonds. The molecular weight excluding hydrogens is 326 g/mol. The summed E-state index contributed by atoms with van der Waals surface area (Å²) in [7, 11) is 0. The van der Waals surface area contributed by atoms with Crippen molar-refractivity contribution in [3.8, 4) is 0 Å². The molecule has 0 unspecified atom stereocenters. The first-order chi connectivity index (χ1) is 10.5. The number of aryl methyl sites for hydroxylation is 1. The van der Waals surface area contributed by atoms with E-state index < -0.39 is 29.4 Å². The maximum Gasteiger partial charge on any atom is 0.455 e. The molecule has 0 radical (unpaired) electrons. The van der Waals surface area contributed by atoms with Crippen molar-refractivity contribution in [1.29, 1.82) is 0 Å². The average molecular weight is 336 g/mol. The number of rotatable bonds is 3. The van der Waals surface area contributed by atoms with Crippen LogP contribution in [0.3, 0.4) is 0 Å². The minimum absolute atomic E-state index is 0.185. The maximum atomic E-state index is 12.8. The summed E-state index contributed by atoms with van der Waals surface area (Å²) in [6, 6.07) is 6.65. The van der Waals surface area contributed by atoms with Gasteiger partial charge in [-0.3, -0.25) is 9.48 Å². The maximum absolute atomic E-state index is 12.8. The van der Waals surface area contributed by atoms with E-state index in [9.17, 15) is 31.1 Å². The largest absolute Gasteiger partial charge is 0.455 e. The second-order valence-electron chi connectivity index (χ2n) is 4.90. The highest BCUT2D eigenvalue weighted by atomic mass is 19.4. The van der Waals surface area contributed by atoms with E-state index in [2.05, 4.69) is 5.10 Å². The quantitative estimate of drug-likeness (QED) is 0.627. The molecule has 0 saturated heterocycles. The Bertz CT molecular complexity index is 730. The molecule has 2 aromatic rings. The van der Waals surface area contributed by atoms with Crippen LogP contribution in [0.2, 0.25) is 0 Å². The summed E-state index contributed by atoms with van der Waals surface area (Å²) in [5.74, 6) is -2.57. The van der Waals surface area contributed by atoms with E-state index in [4.69, 9.17) is 0 Å². The van der Waals surface area contributed by atoms with E-state index in [0.29, 0.717) is 16.4 Å². The van der Waals surface area contributed by atoms with Crippen molar-refractivity contribution in [1.82, 2.24) is 9.78 Å². The van der Waals surface area contributed by atoms with Crippen molar-refractivity contribution in [2.45, 2.75) is 25.8 Å². The van der Waals surface area contributed by atoms with Gasteiger partial charge in [-0.15, -0.1) is 0 Å². The molecule has 0 aliphatic heterocycles. The monoisotopic (exact) mass is 336 g/mol. The van der Waals surface area contributed by atoms with Crippen LogP contribution in [0.25, 0.3) is 0 Å². The van der Waals surface area contributed by atoms with Gasteiger partial charge in [0.2, 0.25) is 0 Å². The van der Waals surface area contributed by atoms with E-state index in [0.717, 1.165) is 5.56 Å². The molecule has 0 fully saturated rings. The number of halogens is 6. The minimum atomic E-state index is -5.41. The average Bonchev–Trinajstić information content (AvgIpc) is 2.80. The molecule has 0 spiro atoms. The third kappa shape index (κ3) is 3.91. The number of hydrogen-bond donors (Lipinski definition) is 0. The number of benzene rings is 1. The van der Waals surface area contributed by atoms with E-state index in [1.807, 2.05) is 0 Å². The number of hydrogen-bond acceptors (Lipinski definition) is 2. The van der Waals surface area contributed by atoms with Crippen LogP contribution < -0.4 is 0 Å². The summed E-state index contributed by atoms with van der Waals surface area (Å²) in [6.45, 7) is 1.57. The molecule has 1 aromatic heterocycles.